The Morgan fingerprint density at radius 2 is 1.85 bits per heavy atom. The fraction of sp³-hybridized carbons (Fsp3) is 0.125. The van der Waals surface area contributed by atoms with Gasteiger partial charge in [0.05, 0.1) is 0 Å². The smallest absolute Gasteiger partial charge is 0.402 e. The summed E-state index contributed by atoms with van der Waals surface area (Å²) >= 11 is 0. The van der Waals surface area contributed by atoms with Gasteiger partial charge >= 0.3 is 27.3 Å². The van der Waals surface area contributed by atoms with Crippen molar-refractivity contribution in [2.75, 3.05) is 6.61 Å². The molecule has 10 heteroatoms. The van der Waals surface area contributed by atoms with Gasteiger partial charge in [-0.15, -0.1) is 0 Å². The zero-order valence-corrected chi connectivity index (χ0v) is 13.8. The third-order valence-electron chi connectivity index (χ3n) is 3.22. The molecule has 2 aromatic rings. The van der Waals surface area contributed by atoms with Crippen LogP contribution in [0.5, 0.6) is 5.75 Å². The van der Waals surface area contributed by atoms with E-state index in [4.69, 9.17) is 9.29 Å². The SMILES string of the molecule is C=CC(=O)Oc1c(C(=O)OCC(F)(F)S(=O)(=O)O)ccc2ccccc12. The molecule has 0 radical (unpaired) electrons. The number of hydrogen-bond acceptors (Lipinski definition) is 6. The van der Waals surface area contributed by atoms with Gasteiger partial charge in [-0.1, -0.05) is 36.9 Å². The van der Waals surface area contributed by atoms with E-state index in [9.17, 15) is 26.8 Å². The van der Waals surface area contributed by atoms with Crippen LogP contribution < -0.4 is 4.74 Å². The lowest BCUT2D eigenvalue weighted by molar-refractivity contribution is -0.128. The highest BCUT2D eigenvalue weighted by atomic mass is 32.2. The predicted octanol–water partition coefficient (Wildman–Crippen LogP) is 2.57. The second-order valence-corrected chi connectivity index (χ2v) is 6.52. The molecular formula is C16H12F2O7S. The van der Waals surface area contributed by atoms with Crippen molar-refractivity contribution in [2.45, 2.75) is 5.25 Å². The number of rotatable bonds is 6. The Morgan fingerprint density at radius 3 is 2.46 bits per heavy atom. The van der Waals surface area contributed by atoms with E-state index in [1.54, 1.807) is 18.2 Å². The highest BCUT2D eigenvalue weighted by molar-refractivity contribution is 7.86. The third kappa shape index (κ3) is 4.03. The van der Waals surface area contributed by atoms with Crippen molar-refractivity contribution in [1.29, 1.82) is 0 Å². The minimum absolute atomic E-state index is 0.256. The highest BCUT2D eigenvalue weighted by Gasteiger charge is 2.45. The molecule has 0 heterocycles. The number of hydrogen-bond donors (Lipinski definition) is 1. The molecule has 0 atom stereocenters. The van der Waals surface area contributed by atoms with E-state index < -0.39 is 33.9 Å². The molecule has 0 amide bonds. The number of fused-ring (bicyclic) bond motifs is 1. The van der Waals surface area contributed by atoms with Gasteiger partial charge in [-0.2, -0.15) is 17.2 Å². The Bertz CT molecular complexity index is 983. The number of carbonyl (C=O) groups is 2. The number of alkyl halides is 2. The molecule has 0 saturated carbocycles. The van der Waals surface area contributed by atoms with E-state index >= 15 is 0 Å². The quantitative estimate of drug-likeness (QED) is 0.352. The van der Waals surface area contributed by atoms with E-state index in [-0.39, 0.29) is 11.3 Å². The molecule has 2 aromatic carbocycles. The first-order valence-corrected chi connectivity index (χ1v) is 8.39. The minimum Gasteiger partial charge on any atom is -0.454 e. The molecule has 1 N–H and O–H groups in total. The second kappa shape index (κ2) is 7.18. The maximum absolute atomic E-state index is 13.2. The summed E-state index contributed by atoms with van der Waals surface area (Å²) < 4.78 is 65.3. The summed E-state index contributed by atoms with van der Waals surface area (Å²) in [5, 5.41) is -3.78. The van der Waals surface area contributed by atoms with Crippen LogP contribution in [-0.4, -0.2) is 36.8 Å². The maximum atomic E-state index is 13.2. The minimum atomic E-state index is -5.76. The molecule has 0 fully saturated rings. The number of halogens is 2. The predicted molar refractivity (Wildman–Crippen MR) is 86.6 cm³/mol. The molecule has 0 unspecified atom stereocenters. The van der Waals surface area contributed by atoms with Crippen LogP contribution in [0.4, 0.5) is 8.78 Å². The fourth-order valence-corrected chi connectivity index (χ4v) is 2.17. The Balaban J connectivity index is 2.41. The van der Waals surface area contributed by atoms with Gasteiger partial charge in [-0.25, -0.2) is 9.59 Å². The molecule has 2 rings (SSSR count). The lowest BCUT2D eigenvalue weighted by Gasteiger charge is -2.15. The standard InChI is InChI=1S/C16H12F2O7S/c1-2-13(19)25-14-11-6-4-3-5-10(11)7-8-12(14)15(20)24-9-16(17,18)26(21,22)23/h2-8H,1,9H2,(H,21,22,23). The van der Waals surface area contributed by atoms with Crippen LogP contribution in [0.15, 0.2) is 49.1 Å². The van der Waals surface area contributed by atoms with E-state index in [1.165, 1.54) is 18.2 Å². The molecule has 7 nitrogen and oxygen atoms in total. The first kappa shape index (κ1) is 19.5. The fourth-order valence-electron chi connectivity index (χ4n) is 1.96. The van der Waals surface area contributed by atoms with Crippen LogP contribution in [0.2, 0.25) is 0 Å². The van der Waals surface area contributed by atoms with E-state index in [0.717, 1.165) is 6.08 Å². The first-order chi connectivity index (χ1) is 12.1. The van der Waals surface area contributed by atoms with Gasteiger partial charge in [0.15, 0.2) is 12.4 Å². The molecule has 0 aliphatic carbocycles. The summed E-state index contributed by atoms with van der Waals surface area (Å²) in [6.45, 7) is 1.31. The van der Waals surface area contributed by atoms with Crippen LogP contribution in [0, 0.1) is 0 Å². The van der Waals surface area contributed by atoms with Crippen LogP contribution in [0.25, 0.3) is 10.8 Å². The second-order valence-electron chi connectivity index (χ2n) is 4.98. The van der Waals surface area contributed by atoms with Crippen molar-refractivity contribution in [2.24, 2.45) is 0 Å². The Labute approximate surface area is 146 Å². The molecule has 26 heavy (non-hydrogen) atoms. The third-order valence-corrected chi connectivity index (χ3v) is 4.09. The van der Waals surface area contributed by atoms with Crippen molar-refractivity contribution in [3.63, 3.8) is 0 Å². The number of carbonyl (C=O) groups excluding carboxylic acids is 2. The summed E-state index contributed by atoms with van der Waals surface area (Å²) in [7, 11) is -5.76. The van der Waals surface area contributed by atoms with E-state index in [1.807, 2.05) is 0 Å². The van der Waals surface area contributed by atoms with Crippen molar-refractivity contribution >= 4 is 32.8 Å². The van der Waals surface area contributed by atoms with Crippen LogP contribution in [0.3, 0.4) is 0 Å². The van der Waals surface area contributed by atoms with Crippen LogP contribution in [0.1, 0.15) is 10.4 Å². The molecular weight excluding hydrogens is 374 g/mol. The van der Waals surface area contributed by atoms with Crippen molar-refractivity contribution in [1.82, 2.24) is 0 Å². The Morgan fingerprint density at radius 1 is 1.19 bits per heavy atom. The molecule has 0 aromatic heterocycles. The lowest BCUT2D eigenvalue weighted by Crippen LogP contribution is -2.34. The average Bonchev–Trinajstić information content (AvgIpc) is 2.58. The Kier molecular flexibility index (Phi) is 5.38. The Hall–Kier alpha value is -2.85. The van der Waals surface area contributed by atoms with Gasteiger partial charge in [-0.05, 0) is 11.5 Å². The molecule has 0 aliphatic rings. The van der Waals surface area contributed by atoms with E-state index in [2.05, 4.69) is 11.3 Å². The molecule has 0 aliphatic heterocycles. The maximum Gasteiger partial charge on any atom is 0.402 e. The normalized spacial score (nSPS) is 11.8. The van der Waals surface area contributed by atoms with E-state index in [0.29, 0.717) is 10.8 Å². The number of benzene rings is 2. The molecule has 138 valence electrons. The monoisotopic (exact) mass is 386 g/mol. The van der Waals surface area contributed by atoms with Gasteiger partial charge < -0.3 is 9.47 Å². The molecule has 0 bridgehead atoms. The largest absolute Gasteiger partial charge is 0.454 e. The highest BCUT2D eigenvalue weighted by Crippen LogP contribution is 2.31. The van der Waals surface area contributed by atoms with Gasteiger partial charge in [0.25, 0.3) is 0 Å². The summed E-state index contributed by atoms with van der Waals surface area (Å²) in [6, 6.07) is 9.08. The average molecular weight is 386 g/mol. The van der Waals surface area contributed by atoms with Crippen molar-refractivity contribution in [3.05, 3.63) is 54.6 Å². The van der Waals surface area contributed by atoms with Gasteiger partial charge in [0.1, 0.15) is 5.56 Å². The van der Waals surface area contributed by atoms with Crippen LogP contribution >= 0.6 is 0 Å². The number of ether oxygens (including phenoxy) is 2. The molecule has 0 saturated heterocycles. The summed E-state index contributed by atoms with van der Waals surface area (Å²) in [5.74, 6) is -2.53. The van der Waals surface area contributed by atoms with Crippen molar-refractivity contribution < 1.29 is 40.8 Å². The van der Waals surface area contributed by atoms with Crippen molar-refractivity contribution in [3.8, 4) is 5.75 Å². The van der Waals surface area contributed by atoms with Gasteiger partial charge in [0.2, 0.25) is 0 Å². The zero-order chi connectivity index (χ0) is 19.5. The summed E-state index contributed by atoms with van der Waals surface area (Å²) in [6.07, 6.45) is 0.837. The lowest BCUT2D eigenvalue weighted by atomic mass is 10.1. The zero-order valence-electron chi connectivity index (χ0n) is 13.0. The number of esters is 2. The van der Waals surface area contributed by atoms with Gasteiger partial charge in [-0.3, -0.25) is 4.55 Å². The summed E-state index contributed by atoms with van der Waals surface area (Å²) in [4.78, 5) is 23.6. The topological polar surface area (TPSA) is 107 Å². The summed E-state index contributed by atoms with van der Waals surface area (Å²) in [5.41, 5.74) is -0.384. The molecule has 0 spiro atoms. The van der Waals surface area contributed by atoms with Crippen LogP contribution in [-0.2, 0) is 19.6 Å². The first-order valence-electron chi connectivity index (χ1n) is 6.95. The van der Waals surface area contributed by atoms with Gasteiger partial charge in [0, 0.05) is 11.5 Å².